The largest absolute Gasteiger partial charge is 0.480 e. The van der Waals surface area contributed by atoms with Gasteiger partial charge in [0.15, 0.2) is 0 Å². The number of aliphatic hydroxyl groups excluding tert-OH is 1. The number of primary amides is 1. The molecule has 7 amide bonds. The van der Waals surface area contributed by atoms with Crippen molar-refractivity contribution < 1.29 is 48.6 Å². The van der Waals surface area contributed by atoms with Gasteiger partial charge < -0.3 is 52.7 Å². The monoisotopic (exact) mass is 794 g/mol. The third-order valence-corrected chi connectivity index (χ3v) is 10.0. The number of thiol groups is 2. The van der Waals surface area contributed by atoms with Gasteiger partial charge in [-0.2, -0.15) is 25.3 Å². The van der Waals surface area contributed by atoms with E-state index in [2.05, 4.69) is 46.5 Å². The summed E-state index contributed by atoms with van der Waals surface area (Å²) >= 11 is 8.05. The lowest BCUT2D eigenvalue weighted by molar-refractivity contribution is -0.147. The number of benzene rings is 1. The molecule has 2 aliphatic heterocycles. The van der Waals surface area contributed by atoms with Gasteiger partial charge >= 0.3 is 5.97 Å². The van der Waals surface area contributed by atoms with Gasteiger partial charge in [-0.05, 0) is 44.6 Å². The second-order valence-electron chi connectivity index (χ2n) is 13.3. The van der Waals surface area contributed by atoms with Gasteiger partial charge in [-0.1, -0.05) is 30.3 Å². The summed E-state index contributed by atoms with van der Waals surface area (Å²) in [6.07, 6.45) is -0.642. The number of hydrogen-bond acceptors (Lipinski definition) is 12. The molecule has 2 saturated heterocycles. The van der Waals surface area contributed by atoms with E-state index in [0.717, 1.165) is 0 Å². The van der Waals surface area contributed by atoms with Crippen LogP contribution in [0.2, 0.25) is 0 Å². The number of nitrogens with zero attached hydrogens (tertiary/aromatic N) is 2. The predicted octanol–water partition coefficient (Wildman–Crippen LogP) is -2.93. The van der Waals surface area contributed by atoms with E-state index in [-0.39, 0.29) is 43.7 Å². The first-order valence-corrected chi connectivity index (χ1v) is 18.9. The summed E-state index contributed by atoms with van der Waals surface area (Å²) in [5.41, 5.74) is 11.8. The van der Waals surface area contributed by atoms with Crippen LogP contribution in [0.4, 0.5) is 0 Å². The molecule has 0 spiro atoms. The predicted molar refractivity (Wildman–Crippen MR) is 201 cm³/mol. The molecule has 2 heterocycles. The van der Waals surface area contributed by atoms with Crippen LogP contribution in [0, 0.1) is 0 Å². The molecule has 0 aliphatic carbocycles. The average molecular weight is 795 g/mol. The standard InChI is InChI=1S/C34H50N8O10S2/c1-18(43)27(40-30(47)24-9-5-13-41(24)33(50)25-10-6-14-42(25)32(49)20(35)16-53)31(48)37-21(11-12-26(36)44)28(45)38-22(15-19-7-3-2-4-8-19)29(46)39-23(17-54)34(51)52/h2-4,7-8,18,20-25,27,43,53-54H,5-6,9-17,35H2,1H3,(H2,36,44)(H,37,48)(H,38,45)(H,39,46)(H,40,47)(H,51,52)/t18-,20+,21+,22+,23+,24+,25+,27+/m1/s1. The molecule has 0 bridgehead atoms. The smallest absolute Gasteiger partial charge is 0.327 e. The van der Waals surface area contributed by atoms with Crippen molar-refractivity contribution in [2.75, 3.05) is 24.6 Å². The molecule has 3 rings (SSSR count). The van der Waals surface area contributed by atoms with Gasteiger partial charge in [0.05, 0.1) is 12.1 Å². The SMILES string of the molecule is C[C@@H](O)[C@H](NC(=O)[C@@H]1CCCN1C(=O)[C@@H]1CCCN1C(=O)[C@@H](N)CS)C(=O)N[C@@H](CCC(N)=O)C(=O)N[C@@H](Cc1ccccc1)C(=O)N[C@@H](CS)C(=O)O. The number of carboxylic acids is 1. The number of nitrogens with one attached hydrogen (secondary N) is 4. The fourth-order valence-corrected chi connectivity index (χ4v) is 6.74. The molecule has 8 atom stereocenters. The molecule has 1 aromatic rings. The Morgan fingerprint density at radius 3 is 1.96 bits per heavy atom. The zero-order valence-corrected chi connectivity index (χ0v) is 31.7. The second-order valence-corrected chi connectivity index (χ2v) is 14.0. The molecule has 20 heteroatoms. The Balaban J connectivity index is 1.78. The number of aliphatic hydroxyl groups is 1. The topological polar surface area (TPSA) is 284 Å². The summed E-state index contributed by atoms with van der Waals surface area (Å²) in [7, 11) is 0. The van der Waals surface area contributed by atoms with Gasteiger partial charge in [-0.3, -0.25) is 33.6 Å². The number of carbonyl (C=O) groups excluding carboxylic acids is 7. The van der Waals surface area contributed by atoms with E-state index in [1.54, 1.807) is 30.3 Å². The normalized spacial score (nSPS) is 20.1. The fraction of sp³-hybridized carbons (Fsp3) is 0.588. The maximum Gasteiger partial charge on any atom is 0.327 e. The van der Waals surface area contributed by atoms with Crippen LogP contribution in [0.3, 0.4) is 0 Å². The minimum Gasteiger partial charge on any atom is -0.480 e. The molecule has 10 N–H and O–H groups in total. The van der Waals surface area contributed by atoms with Crippen molar-refractivity contribution in [3.8, 4) is 0 Å². The van der Waals surface area contributed by atoms with Gasteiger partial charge in [0, 0.05) is 37.4 Å². The maximum atomic E-state index is 13.7. The van der Waals surface area contributed by atoms with Crippen LogP contribution in [0.15, 0.2) is 30.3 Å². The first-order valence-electron chi connectivity index (χ1n) is 17.6. The highest BCUT2D eigenvalue weighted by Crippen LogP contribution is 2.26. The number of amides is 7. The van der Waals surface area contributed by atoms with E-state index in [1.807, 2.05) is 0 Å². The first kappa shape index (κ1) is 44.0. The van der Waals surface area contributed by atoms with E-state index >= 15 is 0 Å². The third kappa shape index (κ3) is 12.1. The molecule has 0 saturated carbocycles. The van der Waals surface area contributed by atoms with Crippen LogP contribution in [0.5, 0.6) is 0 Å². The van der Waals surface area contributed by atoms with Gasteiger partial charge in [0.25, 0.3) is 0 Å². The zero-order valence-electron chi connectivity index (χ0n) is 29.9. The van der Waals surface area contributed by atoms with Crippen molar-refractivity contribution in [3.05, 3.63) is 35.9 Å². The number of hydrogen-bond donors (Lipinski definition) is 10. The highest BCUT2D eigenvalue weighted by molar-refractivity contribution is 7.80. The van der Waals surface area contributed by atoms with E-state index in [0.29, 0.717) is 31.4 Å². The van der Waals surface area contributed by atoms with E-state index in [1.165, 1.54) is 16.7 Å². The van der Waals surface area contributed by atoms with Crippen molar-refractivity contribution in [2.45, 2.75) is 100 Å². The molecule has 54 heavy (non-hydrogen) atoms. The Kier molecular flexibility index (Phi) is 17.0. The number of carboxylic acid groups (broad SMARTS) is 1. The Morgan fingerprint density at radius 2 is 1.39 bits per heavy atom. The van der Waals surface area contributed by atoms with E-state index < -0.39 is 95.7 Å². The van der Waals surface area contributed by atoms with Gasteiger partial charge in [-0.25, -0.2) is 4.79 Å². The number of aliphatic carboxylic acids is 1. The zero-order chi connectivity index (χ0) is 40.1. The third-order valence-electron chi connectivity index (χ3n) is 9.26. The number of nitrogens with two attached hydrogens (primary N) is 2. The van der Waals surface area contributed by atoms with Crippen molar-refractivity contribution in [2.24, 2.45) is 11.5 Å². The highest BCUT2D eigenvalue weighted by atomic mass is 32.1. The van der Waals surface area contributed by atoms with Crippen LogP contribution in [-0.4, -0.2) is 140 Å². The van der Waals surface area contributed by atoms with Gasteiger partial charge in [0.2, 0.25) is 41.4 Å². The van der Waals surface area contributed by atoms with Crippen LogP contribution < -0.4 is 32.7 Å². The van der Waals surface area contributed by atoms with Crippen molar-refractivity contribution in [1.82, 2.24) is 31.1 Å². The van der Waals surface area contributed by atoms with Gasteiger partial charge in [0.1, 0.15) is 36.3 Å². The van der Waals surface area contributed by atoms with E-state index in [4.69, 9.17) is 11.5 Å². The highest BCUT2D eigenvalue weighted by Gasteiger charge is 2.44. The lowest BCUT2D eigenvalue weighted by atomic mass is 10.0. The minimum absolute atomic E-state index is 0.0778. The van der Waals surface area contributed by atoms with Crippen LogP contribution in [-0.2, 0) is 44.8 Å². The van der Waals surface area contributed by atoms with E-state index in [9.17, 15) is 48.6 Å². The lowest BCUT2D eigenvalue weighted by Crippen LogP contribution is -2.61. The summed E-state index contributed by atoms with van der Waals surface area (Å²) in [5.74, 6) is -6.73. The maximum absolute atomic E-state index is 13.7. The van der Waals surface area contributed by atoms with Gasteiger partial charge in [-0.15, -0.1) is 0 Å². The van der Waals surface area contributed by atoms with Crippen LogP contribution in [0.25, 0.3) is 0 Å². The van der Waals surface area contributed by atoms with Crippen LogP contribution in [0.1, 0.15) is 51.0 Å². The molecule has 0 radical (unpaired) electrons. The molecule has 0 aromatic heterocycles. The average Bonchev–Trinajstić information content (AvgIpc) is 3.84. The molecular weight excluding hydrogens is 745 g/mol. The fourth-order valence-electron chi connectivity index (χ4n) is 6.33. The summed E-state index contributed by atoms with van der Waals surface area (Å²) in [6, 6.07) is -0.0926. The lowest BCUT2D eigenvalue weighted by Gasteiger charge is -2.33. The molecule has 18 nitrogen and oxygen atoms in total. The molecule has 298 valence electrons. The Hall–Kier alpha value is -4.40. The Bertz CT molecular complexity index is 1540. The summed E-state index contributed by atoms with van der Waals surface area (Å²) in [6.45, 7) is 1.77. The molecule has 1 aromatic carbocycles. The molecule has 2 fully saturated rings. The Morgan fingerprint density at radius 1 is 0.815 bits per heavy atom. The second kappa shape index (κ2) is 20.9. The molecular formula is C34H50N8O10S2. The number of rotatable bonds is 19. The first-order chi connectivity index (χ1) is 25.6. The number of likely N-dealkylation sites (tertiary alicyclic amines) is 2. The quantitative estimate of drug-likeness (QED) is 0.0633. The summed E-state index contributed by atoms with van der Waals surface area (Å²) < 4.78 is 0. The minimum atomic E-state index is -1.63. The summed E-state index contributed by atoms with van der Waals surface area (Å²) in [5, 5.41) is 29.8. The van der Waals surface area contributed by atoms with Crippen molar-refractivity contribution in [1.29, 1.82) is 0 Å². The molecule has 0 unspecified atom stereocenters. The van der Waals surface area contributed by atoms with Crippen LogP contribution >= 0.6 is 25.3 Å². The van der Waals surface area contributed by atoms with Crippen molar-refractivity contribution in [3.63, 3.8) is 0 Å². The molecule has 2 aliphatic rings. The number of carbonyl (C=O) groups is 8. The Labute approximate surface area is 323 Å². The summed E-state index contributed by atoms with van der Waals surface area (Å²) in [4.78, 5) is 107. The van der Waals surface area contributed by atoms with Crippen molar-refractivity contribution >= 4 is 72.6 Å².